The maximum Gasteiger partial charge on any atom is 0.410 e. The fraction of sp³-hybridized carbons (Fsp3) is 0.500. The summed E-state index contributed by atoms with van der Waals surface area (Å²) >= 11 is 12.5. The summed E-state index contributed by atoms with van der Waals surface area (Å²) in [5.74, 6) is -0.462. The Morgan fingerprint density at radius 3 is 2.36 bits per heavy atom. The second kappa shape index (κ2) is 12.4. The van der Waals surface area contributed by atoms with E-state index in [0.29, 0.717) is 34.1 Å². The molecule has 2 atom stereocenters. The van der Waals surface area contributed by atoms with E-state index in [9.17, 15) is 18.0 Å². The van der Waals surface area contributed by atoms with Crippen molar-refractivity contribution in [3.05, 3.63) is 62.6 Å². The molecule has 0 saturated heterocycles. The number of aryl methyl sites for hydroxylation is 1. The molecule has 0 aliphatic heterocycles. The zero-order valence-electron chi connectivity index (χ0n) is 23.1. The van der Waals surface area contributed by atoms with E-state index in [1.165, 1.54) is 0 Å². The minimum absolute atomic E-state index is 0.0871. The van der Waals surface area contributed by atoms with Gasteiger partial charge in [0.05, 0.1) is 34.6 Å². The summed E-state index contributed by atoms with van der Waals surface area (Å²) in [5, 5.41) is 0.878. The number of fused-ring (bicyclic) bond motifs is 1. The van der Waals surface area contributed by atoms with Gasteiger partial charge in [-0.15, -0.1) is 0 Å². The Morgan fingerprint density at radius 1 is 1.08 bits per heavy atom. The van der Waals surface area contributed by atoms with Gasteiger partial charge in [-0.2, -0.15) is 0 Å². The van der Waals surface area contributed by atoms with Crippen molar-refractivity contribution in [3.63, 3.8) is 0 Å². The van der Waals surface area contributed by atoms with E-state index in [1.807, 2.05) is 18.2 Å². The van der Waals surface area contributed by atoms with Crippen LogP contribution in [-0.4, -0.2) is 50.9 Å². The molecule has 0 saturated carbocycles. The first kappa shape index (κ1) is 31.0. The monoisotopic (exact) mass is 598 g/mol. The number of rotatable bonds is 8. The molecule has 0 radical (unpaired) electrons. The molecule has 0 spiro atoms. The van der Waals surface area contributed by atoms with Gasteiger partial charge < -0.3 is 14.4 Å². The number of carbonyl (C=O) groups excluding carboxylic acids is 2. The largest absolute Gasteiger partial charge is 0.466 e. The highest BCUT2D eigenvalue weighted by molar-refractivity contribution is 7.92. The van der Waals surface area contributed by atoms with Crippen LogP contribution in [0.3, 0.4) is 0 Å². The van der Waals surface area contributed by atoms with Gasteiger partial charge >= 0.3 is 12.1 Å². The van der Waals surface area contributed by atoms with Crippen LogP contribution in [0.4, 0.5) is 10.5 Å². The number of hydrogen-bond acceptors (Lipinski definition) is 6. The maximum absolute atomic E-state index is 13.0. The molecule has 8 nitrogen and oxygen atoms in total. The first-order valence-electron chi connectivity index (χ1n) is 12.8. The number of ether oxygens (including phenoxy) is 2. The number of halogens is 2. The van der Waals surface area contributed by atoms with Gasteiger partial charge in [0.15, 0.2) is 0 Å². The number of amides is 1. The van der Waals surface area contributed by atoms with Crippen molar-refractivity contribution in [3.8, 4) is 0 Å². The van der Waals surface area contributed by atoms with Crippen molar-refractivity contribution in [2.45, 2.75) is 70.9 Å². The molecule has 0 unspecified atom stereocenters. The molecule has 2 aromatic carbocycles. The van der Waals surface area contributed by atoms with Gasteiger partial charge in [-0.05, 0) is 87.4 Å². The molecule has 0 bridgehead atoms. The summed E-state index contributed by atoms with van der Waals surface area (Å²) in [6.07, 6.45) is 2.25. The number of hydrogen-bond donors (Lipinski definition) is 1. The zero-order chi connectivity index (χ0) is 29.1. The second-order valence-electron chi connectivity index (χ2n) is 10.7. The fourth-order valence-corrected chi connectivity index (χ4v) is 5.71. The Balaban J connectivity index is 2.16. The topological polar surface area (TPSA) is 102 Å². The van der Waals surface area contributed by atoms with Gasteiger partial charge in [-0.25, -0.2) is 13.2 Å². The molecular formula is C28H36Cl2N2O6S. The van der Waals surface area contributed by atoms with E-state index in [4.69, 9.17) is 32.7 Å². The zero-order valence-corrected chi connectivity index (χ0v) is 25.5. The Kier molecular flexibility index (Phi) is 9.83. The smallest absolute Gasteiger partial charge is 0.410 e. The Labute approximate surface area is 241 Å². The summed E-state index contributed by atoms with van der Waals surface area (Å²) in [7, 11) is -1.95. The van der Waals surface area contributed by atoms with Crippen LogP contribution in [0.2, 0.25) is 10.0 Å². The maximum atomic E-state index is 13.0. The van der Waals surface area contributed by atoms with Crippen LogP contribution in [0.1, 0.15) is 81.2 Å². The van der Waals surface area contributed by atoms with E-state index < -0.39 is 21.7 Å². The SMILES string of the molecule is CCOC(=O)CCc1cc2c(cc1NS(C)(=O)=O)[C@@H](N(C)C(=O)OC(C)(C)C)CC[C@H]2c1ccc(Cl)c(Cl)c1. The lowest BCUT2D eigenvalue weighted by Crippen LogP contribution is -2.38. The van der Waals surface area contributed by atoms with Gasteiger partial charge in [0.1, 0.15) is 5.60 Å². The summed E-state index contributed by atoms with van der Waals surface area (Å²) < 4.78 is 37.9. The van der Waals surface area contributed by atoms with Crippen molar-refractivity contribution < 1.29 is 27.5 Å². The molecule has 214 valence electrons. The third-order valence-electron chi connectivity index (χ3n) is 6.47. The van der Waals surface area contributed by atoms with E-state index in [1.54, 1.807) is 51.8 Å². The Morgan fingerprint density at radius 2 is 1.77 bits per heavy atom. The lowest BCUT2D eigenvalue weighted by atomic mass is 9.75. The normalized spacial score (nSPS) is 17.2. The fourth-order valence-electron chi connectivity index (χ4n) is 4.82. The summed E-state index contributed by atoms with van der Waals surface area (Å²) in [6.45, 7) is 7.40. The summed E-state index contributed by atoms with van der Waals surface area (Å²) in [4.78, 5) is 26.7. The highest BCUT2D eigenvalue weighted by Gasteiger charge is 2.35. The van der Waals surface area contributed by atoms with Gasteiger partial charge in [0.2, 0.25) is 10.0 Å². The molecule has 2 aromatic rings. The van der Waals surface area contributed by atoms with Crippen LogP contribution < -0.4 is 4.72 Å². The minimum atomic E-state index is -3.63. The average Bonchev–Trinajstić information content (AvgIpc) is 2.81. The van der Waals surface area contributed by atoms with Gasteiger partial charge in [0.25, 0.3) is 0 Å². The van der Waals surface area contributed by atoms with E-state index in [0.717, 1.165) is 22.9 Å². The van der Waals surface area contributed by atoms with Crippen LogP contribution in [-0.2, 0) is 30.7 Å². The number of nitrogens with one attached hydrogen (secondary N) is 1. The standard InChI is InChI=1S/C28H36Cl2N2O6S/c1-7-37-26(33)13-9-18-14-20-19(17-8-11-22(29)23(30)15-17)10-12-25(32(5)27(34)38-28(2,3)4)21(20)16-24(18)31-39(6,35)36/h8,11,14-16,19,25,31H,7,9-10,12-13H2,1-6H3/t19-,25-/m0/s1. The number of sulfonamides is 1. The van der Waals surface area contributed by atoms with Gasteiger partial charge in [0, 0.05) is 19.4 Å². The highest BCUT2D eigenvalue weighted by atomic mass is 35.5. The number of benzene rings is 2. The second-order valence-corrected chi connectivity index (χ2v) is 13.3. The third-order valence-corrected chi connectivity index (χ3v) is 7.80. The molecule has 1 amide bonds. The third kappa shape index (κ3) is 8.25. The van der Waals surface area contributed by atoms with Gasteiger partial charge in [-0.3, -0.25) is 9.52 Å². The lowest BCUT2D eigenvalue weighted by Gasteiger charge is -2.38. The van der Waals surface area contributed by atoms with Crippen molar-refractivity contribution in [1.82, 2.24) is 4.90 Å². The van der Waals surface area contributed by atoms with Gasteiger partial charge in [-0.1, -0.05) is 35.3 Å². The van der Waals surface area contributed by atoms with Crippen molar-refractivity contribution in [2.24, 2.45) is 0 Å². The molecule has 3 rings (SSSR count). The predicted molar refractivity (Wildman–Crippen MR) is 154 cm³/mol. The van der Waals surface area contributed by atoms with Crippen LogP contribution in [0, 0.1) is 0 Å². The number of carbonyl (C=O) groups is 2. The Bertz CT molecular complexity index is 1340. The average molecular weight is 600 g/mol. The molecule has 1 aliphatic carbocycles. The van der Waals surface area contributed by atoms with E-state index in [2.05, 4.69) is 4.72 Å². The molecule has 0 aromatic heterocycles. The Hall–Kier alpha value is -2.49. The quantitative estimate of drug-likeness (QED) is 0.339. The first-order valence-corrected chi connectivity index (χ1v) is 15.4. The predicted octanol–water partition coefficient (Wildman–Crippen LogP) is 6.69. The molecule has 0 fully saturated rings. The number of esters is 1. The molecule has 11 heteroatoms. The number of nitrogens with zero attached hydrogens (tertiary/aromatic N) is 1. The van der Waals surface area contributed by atoms with Crippen LogP contribution >= 0.6 is 23.2 Å². The molecule has 39 heavy (non-hydrogen) atoms. The lowest BCUT2D eigenvalue weighted by molar-refractivity contribution is -0.143. The highest BCUT2D eigenvalue weighted by Crippen LogP contribution is 2.46. The van der Waals surface area contributed by atoms with Crippen molar-refractivity contribution in [1.29, 1.82) is 0 Å². The molecular weight excluding hydrogens is 563 g/mol. The van der Waals surface area contributed by atoms with Crippen molar-refractivity contribution in [2.75, 3.05) is 24.6 Å². The van der Waals surface area contributed by atoms with Crippen LogP contribution in [0.25, 0.3) is 0 Å². The van der Waals surface area contributed by atoms with E-state index in [-0.39, 0.29) is 37.4 Å². The summed E-state index contributed by atoms with van der Waals surface area (Å²) in [6, 6.07) is 8.82. The molecule has 0 heterocycles. The van der Waals surface area contributed by atoms with Crippen molar-refractivity contribution >= 4 is 51.0 Å². The van der Waals surface area contributed by atoms with Crippen LogP contribution in [0.5, 0.6) is 0 Å². The van der Waals surface area contributed by atoms with E-state index >= 15 is 0 Å². The summed E-state index contributed by atoms with van der Waals surface area (Å²) in [5.41, 5.74) is 2.99. The van der Waals surface area contributed by atoms with Crippen LogP contribution in [0.15, 0.2) is 30.3 Å². The minimum Gasteiger partial charge on any atom is -0.466 e. The molecule has 1 aliphatic rings. The first-order chi connectivity index (χ1) is 18.1. The molecule has 1 N–H and O–H groups in total. The number of anilines is 1.